The SMILES string of the molecule is CCC(SCCOCC(C)C)C(=O)O. The fraction of sp³-hybridized carbons (Fsp3) is 0.900. The zero-order chi connectivity index (χ0) is 11.0. The Morgan fingerprint density at radius 2 is 2.14 bits per heavy atom. The lowest BCUT2D eigenvalue weighted by Gasteiger charge is -2.10. The maximum absolute atomic E-state index is 10.6. The minimum Gasteiger partial charge on any atom is -0.480 e. The number of rotatable bonds is 8. The van der Waals surface area contributed by atoms with Crippen LogP contribution in [-0.4, -0.2) is 35.3 Å². The van der Waals surface area contributed by atoms with Crippen LogP contribution in [0.25, 0.3) is 0 Å². The Bertz CT molecular complexity index is 159. The second-order valence-corrected chi connectivity index (χ2v) is 4.89. The van der Waals surface area contributed by atoms with Crippen molar-refractivity contribution in [2.45, 2.75) is 32.4 Å². The van der Waals surface area contributed by atoms with E-state index >= 15 is 0 Å². The summed E-state index contributed by atoms with van der Waals surface area (Å²) < 4.78 is 5.36. The summed E-state index contributed by atoms with van der Waals surface area (Å²) in [7, 11) is 0. The van der Waals surface area contributed by atoms with Gasteiger partial charge in [-0.2, -0.15) is 0 Å². The Kier molecular flexibility index (Phi) is 7.99. The van der Waals surface area contributed by atoms with Crippen molar-refractivity contribution < 1.29 is 14.6 Å². The Balaban J connectivity index is 3.38. The first-order chi connectivity index (χ1) is 6.57. The lowest BCUT2D eigenvalue weighted by Crippen LogP contribution is -2.16. The molecule has 0 aromatic heterocycles. The predicted octanol–water partition coefficient (Wildman–Crippen LogP) is 2.26. The molecule has 0 radical (unpaired) electrons. The van der Waals surface area contributed by atoms with Crippen LogP contribution in [0.4, 0.5) is 0 Å². The van der Waals surface area contributed by atoms with Crippen molar-refractivity contribution in [2.24, 2.45) is 5.92 Å². The summed E-state index contributed by atoms with van der Waals surface area (Å²) in [5, 5.41) is 8.48. The fourth-order valence-electron chi connectivity index (χ4n) is 0.932. The van der Waals surface area contributed by atoms with Gasteiger partial charge < -0.3 is 9.84 Å². The first-order valence-corrected chi connectivity index (χ1v) is 6.05. The van der Waals surface area contributed by atoms with Crippen LogP contribution in [0.5, 0.6) is 0 Å². The quantitative estimate of drug-likeness (QED) is 0.637. The molecule has 84 valence electrons. The third kappa shape index (κ3) is 7.21. The average molecular weight is 220 g/mol. The molecule has 0 fully saturated rings. The zero-order valence-corrected chi connectivity index (χ0v) is 9.97. The standard InChI is InChI=1S/C10H20O3S/c1-4-9(10(11)12)14-6-5-13-7-8(2)3/h8-9H,4-7H2,1-3H3,(H,11,12). The highest BCUT2D eigenvalue weighted by Gasteiger charge is 2.14. The van der Waals surface area contributed by atoms with Crippen molar-refractivity contribution in [3.8, 4) is 0 Å². The van der Waals surface area contributed by atoms with Crippen LogP contribution in [-0.2, 0) is 9.53 Å². The van der Waals surface area contributed by atoms with Gasteiger partial charge in [-0.15, -0.1) is 11.8 Å². The molecular weight excluding hydrogens is 200 g/mol. The van der Waals surface area contributed by atoms with Gasteiger partial charge in [-0.05, 0) is 12.3 Å². The van der Waals surface area contributed by atoms with Crippen molar-refractivity contribution in [2.75, 3.05) is 19.0 Å². The summed E-state index contributed by atoms with van der Waals surface area (Å²) >= 11 is 1.46. The molecule has 1 atom stereocenters. The molecule has 0 spiro atoms. The van der Waals surface area contributed by atoms with E-state index in [2.05, 4.69) is 13.8 Å². The van der Waals surface area contributed by atoms with Gasteiger partial charge in [-0.25, -0.2) is 0 Å². The van der Waals surface area contributed by atoms with E-state index < -0.39 is 5.97 Å². The minimum absolute atomic E-state index is 0.280. The molecular formula is C10H20O3S. The molecule has 4 heteroatoms. The zero-order valence-electron chi connectivity index (χ0n) is 9.16. The second-order valence-electron chi connectivity index (χ2n) is 3.57. The molecule has 0 heterocycles. The molecule has 0 saturated carbocycles. The molecule has 0 amide bonds. The molecule has 0 bridgehead atoms. The number of hydrogen-bond donors (Lipinski definition) is 1. The van der Waals surface area contributed by atoms with E-state index in [1.165, 1.54) is 11.8 Å². The van der Waals surface area contributed by atoms with Gasteiger partial charge in [-0.3, -0.25) is 4.79 Å². The summed E-state index contributed by atoms with van der Waals surface area (Å²) in [4.78, 5) is 10.6. The average Bonchev–Trinajstić information content (AvgIpc) is 2.10. The van der Waals surface area contributed by atoms with E-state index in [4.69, 9.17) is 9.84 Å². The number of hydrogen-bond acceptors (Lipinski definition) is 3. The molecule has 0 aliphatic heterocycles. The predicted molar refractivity (Wildman–Crippen MR) is 59.8 cm³/mol. The minimum atomic E-state index is -0.721. The van der Waals surface area contributed by atoms with Gasteiger partial charge in [0.15, 0.2) is 0 Å². The summed E-state index contributed by atoms with van der Waals surface area (Å²) in [6.07, 6.45) is 0.671. The van der Waals surface area contributed by atoms with Crippen molar-refractivity contribution in [1.29, 1.82) is 0 Å². The molecule has 0 aromatic carbocycles. The van der Waals surface area contributed by atoms with Crippen molar-refractivity contribution in [3.05, 3.63) is 0 Å². The largest absolute Gasteiger partial charge is 0.480 e. The maximum atomic E-state index is 10.6. The van der Waals surface area contributed by atoms with Crippen LogP contribution in [0.1, 0.15) is 27.2 Å². The molecule has 0 aliphatic rings. The first kappa shape index (κ1) is 13.8. The number of carboxylic acids is 1. The van der Waals surface area contributed by atoms with Crippen molar-refractivity contribution >= 4 is 17.7 Å². The number of aliphatic carboxylic acids is 1. The number of carbonyl (C=O) groups is 1. The summed E-state index contributed by atoms with van der Waals surface area (Å²) in [6, 6.07) is 0. The van der Waals surface area contributed by atoms with Crippen molar-refractivity contribution in [1.82, 2.24) is 0 Å². The molecule has 3 nitrogen and oxygen atoms in total. The van der Waals surface area contributed by atoms with Gasteiger partial charge in [-0.1, -0.05) is 20.8 Å². The highest BCUT2D eigenvalue weighted by Crippen LogP contribution is 2.14. The van der Waals surface area contributed by atoms with E-state index in [1.54, 1.807) is 0 Å². The molecule has 1 N–H and O–H groups in total. The molecule has 14 heavy (non-hydrogen) atoms. The summed E-state index contributed by atoms with van der Waals surface area (Å²) in [6.45, 7) is 7.48. The van der Waals surface area contributed by atoms with Crippen LogP contribution in [0.2, 0.25) is 0 Å². The van der Waals surface area contributed by atoms with E-state index in [-0.39, 0.29) is 5.25 Å². The van der Waals surface area contributed by atoms with Gasteiger partial charge >= 0.3 is 5.97 Å². The third-order valence-corrected chi connectivity index (χ3v) is 2.98. The van der Waals surface area contributed by atoms with E-state index in [9.17, 15) is 4.79 Å². The van der Waals surface area contributed by atoms with Crippen LogP contribution in [0.3, 0.4) is 0 Å². The van der Waals surface area contributed by atoms with Gasteiger partial charge in [0.25, 0.3) is 0 Å². The van der Waals surface area contributed by atoms with Crippen LogP contribution < -0.4 is 0 Å². The van der Waals surface area contributed by atoms with E-state index in [1.807, 2.05) is 6.92 Å². The van der Waals surface area contributed by atoms with Gasteiger partial charge in [0.1, 0.15) is 5.25 Å². The van der Waals surface area contributed by atoms with Gasteiger partial charge in [0.2, 0.25) is 0 Å². The second kappa shape index (κ2) is 8.12. The highest BCUT2D eigenvalue weighted by atomic mass is 32.2. The maximum Gasteiger partial charge on any atom is 0.316 e. The molecule has 1 unspecified atom stereocenters. The Morgan fingerprint density at radius 3 is 2.57 bits per heavy atom. The van der Waals surface area contributed by atoms with E-state index in [0.29, 0.717) is 18.9 Å². The Morgan fingerprint density at radius 1 is 1.50 bits per heavy atom. The number of carboxylic acid groups (broad SMARTS) is 1. The topological polar surface area (TPSA) is 46.5 Å². The van der Waals surface area contributed by atoms with E-state index in [0.717, 1.165) is 12.4 Å². The Labute approximate surface area is 90.2 Å². The monoisotopic (exact) mass is 220 g/mol. The van der Waals surface area contributed by atoms with Crippen LogP contribution in [0, 0.1) is 5.92 Å². The van der Waals surface area contributed by atoms with Crippen molar-refractivity contribution in [3.63, 3.8) is 0 Å². The van der Waals surface area contributed by atoms with Gasteiger partial charge in [0.05, 0.1) is 6.61 Å². The third-order valence-electron chi connectivity index (χ3n) is 1.64. The normalized spacial score (nSPS) is 13.1. The molecule has 0 saturated heterocycles. The van der Waals surface area contributed by atoms with Crippen LogP contribution in [0.15, 0.2) is 0 Å². The number of ether oxygens (including phenoxy) is 1. The van der Waals surface area contributed by atoms with Crippen LogP contribution >= 0.6 is 11.8 Å². The summed E-state index contributed by atoms with van der Waals surface area (Å²) in [5.74, 6) is 0.583. The highest BCUT2D eigenvalue weighted by molar-refractivity contribution is 8.00. The Hall–Kier alpha value is -0.220. The fourth-order valence-corrected chi connectivity index (χ4v) is 1.81. The van der Waals surface area contributed by atoms with Gasteiger partial charge in [0, 0.05) is 12.4 Å². The smallest absolute Gasteiger partial charge is 0.316 e. The molecule has 0 rings (SSSR count). The molecule has 0 aromatic rings. The molecule has 0 aliphatic carbocycles. The summed E-state index contributed by atoms with van der Waals surface area (Å²) in [5.41, 5.74) is 0. The lowest BCUT2D eigenvalue weighted by atomic mass is 10.2. The lowest BCUT2D eigenvalue weighted by molar-refractivity contribution is -0.136. The number of thioether (sulfide) groups is 1. The first-order valence-electron chi connectivity index (χ1n) is 5.00.